The lowest BCUT2D eigenvalue weighted by Crippen LogP contribution is -2.11. The number of carbonyl (C=O) groups is 1. The van der Waals surface area contributed by atoms with Crippen LogP contribution in [-0.4, -0.2) is 25.7 Å². The van der Waals surface area contributed by atoms with Gasteiger partial charge in [-0.25, -0.2) is 12.8 Å². The summed E-state index contributed by atoms with van der Waals surface area (Å²) in [5.74, 6) is -1.46. The molecule has 0 aliphatic carbocycles. The molecule has 0 heterocycles. The number of nitrogens with two attached hydrogens (primary N) is 1. The third-order valence-electron chi connectivity index (χ3n) is 1.56. The maximum Gasteiger partial charge on any atom is 0.300 e. The molecule has 0 spiro atoms. The second-order valence-electron chi connectivity index (χ2n) is 3.41. The molecule has 0 aliphatic rings. The normalized spacial score (nSPS) is 10.2. The van der Waals surface area contributed by atoms with E-state index in [1.54, 1.807) is 6.07 Å². The molecule has 0 unspecified atom stereocenters. The lowest BCUT2D eigenvalue weighted by Gasteiger charge is -2.06. The maximum atomic E-state index is 13.2. The van der Waals surface area contributed by atoms with Crippen LogP contribution in [0.3, 0.4) is 0 Å². The summed E-state index contributed by atoms with van der Waals surface area (Å²) in [4.78, 5) is 9.00. The van der Waals surface area contributed by atoms with Gasteiger partial charge >= 0.3 is 0 Å². The summed E-state index contributed by atoms with van der Waals surface area (Å²) in [5, 5.41) is 7.42. The first-order chi connectivity index (χ1) is 8.15. The van der Waals surface area contributed by atoms with Gasteiger partial charge in [0.1, 0.15) is 5.82 Å². The highest BCUT2D eigenvalue weighted by Gasteiger charge is 2.07. The fourth-order valence-electron chi connectivity index (χ4n) is 0.968. The zero-order valence-electron chi connectivity index (χ0n) is 9.97. The van der Waals surface area contributed by atoms with Crippen LogP contribution < -0.4 is 10.5 Å². The Morgan fingerprint density at radius 2 is 2.00 bits per heavy atom. The molecule has 1 rings (SSSR count). The minimum Gasteiger partial charge on any atom is -0.481 e. The lowest BCUT2D eigenvalue weighted by atomic mass is 10.2. The third kappa shape index (κ3) is 7.58. The van der Waals surface area contributed by atoms with Crippen LogP contribution in [0.15, 0.2) is 18.2 Å². The number of hydrogen-bond acceptors (Lipinski definition) is 4. The molecular formula is C10H15FN2O4S. The molecule has 8 heteroatoms. The smallest absolute Gasteiger partial charge is 0.300 e. The van der Waals surface area contributed by atoms with Crippen molar-refractivity contribution < 1.29 is 22.7 Å². The van der Waals surface area contributed by atoms with Crippen molar-refractivity contribution in [3.8, 4) is 0 Å². The Bertz CT molecular complexity index is 513. The van der Waals surface area contributed by atoms with Gasteiger partial charge in [0.25, 0.3) is 5.97 Å². The Kier molecular flexibility index (Phi) is 6.28. The highest BCUT2D eigenvalue weighted by molar-refractivity contribution is 7.92. The van der Waals surface area contributed by atoms with Crippen molar-refractivity contribution in [2.24, 2.45) is 5.73 Å². The summed E-state index contributed by atoms with van der Waals surface area (Å²) in [6, 6.07) is 4.11. The molecule has 0 atom stereocenters. The molecule has 6 nitrogen and oxygen atoms in total. The molecule has 0 saturated heterocycles. The van der Waals surface area contributed by atoms with Crippen molar-refractivity contribution in [2.75, 3.05) is 11.0 Å². The average molecular weight is 278 g/mol. The van der Waals surface area contributed by atoms with Crippen molar-refractivity contribution >= 4 is 21.7 Å². The Morgan fingerprint density at radius 3 is 2.33 bits per heavy atom. The molecule has 0 aromatic heterocycles. The highest BCUT2D eigenvalue weighted by atomic mass is 32.2. The van der Waals surface area contributed by atoms with Gasteiger partial charge in [0, 0.05) is 13.5 Å². The summed E-state index contributed by atoms with van der Waals surface area (Å²) in [7, 11) is -3.44. The molecule has 0 fully saturated rings. The number of carboxylic acids is 1. The number of sulfonamides is 1. The number of rotatable bonds is 3. The largest absolute Gasteiger partial charge is 0.481 e. The monoisotopic (exact) mass is 278 g/mol. The van der Waals surface area contributed by atoms with E-state index in [9.17, 15) is 12.8 Å². The van der Waals surface area contributed by atoms with E-state index < -0.39 is 21.8 Å². The highest BCUT2D eigenvalue weighted by Crippen LogP contribution is 2.16. The van der Waals surface area contributed by atoms with Gasteiger partial charge in [-0.3, -0.25) is 9.52 Å². The molecule has 102 valence electrons. The van der Waals surface area contributed by atoms with Crippen molar-refractivity contribution in [2.45, 2.75) is 13.5 Å². The second-order valence-corrected chi connectivity index (χ2v) is 5.16. The van der Waals surface area contributed by atoms with Crippen molar-refractivity contribution in [1.82, 2.24) is 0 Å². The van der Waals surface area contributed by atoms with Gasteiger partial charge in [0.05, 0.1) is 11.9 Å². The van der Waals surface area contributed by atoms with Gasteiger partial charge in [0.15, 0.2) is 0 Å². The van der Waals surface area contributed by atoms with Crippen molar-refractivity contribution in [3.63, 3.8) is 0 Å². The number of nitrogens with one attached hydrogen (secondary N) is 1. The van der Waals surface area contributed by atoms with Crippen LogP contribution in [0.4, 0.5) is 10.1 Å². The van der Waals surface area contributed by atoms with Gasteiger partial charge in [-0.05, 0) is 17.7 Å². The molecule has 1 aromatic carbocycles. The van der Waals surface area contributed by atoms with E-state index in [0.29, 0.717) is 5.56 Å². The minimum absolute atomic E-state index is 0.0651. The fourth-order valence-corrected chi connectivity index (χ4v) is 1.53. The van der Waals surface area contributed by atoms with Gasteiger partial charge in [0.2, 0.25) is 10.0 Å². The van der Waals surface area contributed by atoms with Crippen LogP contribution in [-0.2, 0) is 21.4 Å². The van der Waals surface area contributed by atoms with E-state index in [2.05, 4.69) is 4.72 Å². The molecule has 0 radical (unpaired) electrons. The molecule has 0 saturated carbocycles. The van der Waals surface area contributed by atoms with Crippen LogP contribution in [0, 0.1) is 5.82 Å². The summed E-state index contributed by atoms with van der Waals surface area (Å²) >= 11 is 0. The molecule has 1 aromatic rings. The zero-order valence-corrected chi connectivity index (χ0v) is 10.8. The third-order valence-corrected chi connectivity index (χ3v) is 2.16. The Hall–Kier alpha value is -1.67. The van der Waals surface area contributed by atoms with E-state index in [1.807, 2.05) is 0 Å². The van der Waals surface area contributed by atoms with Crippen LogP contribution in [0.1, 0.15) is 12.5 Å². The maximum absolute atomic E-state index is 13.2. The summed E-state index contributed by atoms with van der Waals surface area (Å²) in [6.45, 7) is 1.30. The number of carboxylic acid groups (broad SMARTS) is 1. The molecule has 18 heavy (non-hydrogen) atoms. The Labute approximate surface area is 105 Å². The summed E-state index contributed by atoms with van der Waals surface area (Å²) in [6.07, 6.45) is 0.962. The van der Waals surface area contributed by atoms with Gasteiger partial charge < -0.3 is 10.8 Å². The van der Waals surface area contributed by atoms with E-state index in [-0.39, 0.29) is 12.2 Å². The van der Waals surface area contributed by atoms with Gasteiger partial charge in [-0.15, -0.1) is 0 Å². The number of aliphatic carboxylic acids is 1. The lowest BCUT2D eigenvalue weighted by molar-refractivity contribution is -0.134. The molecule has 0 bridgehead atoms. The molecule has 0 aliphatic heterocycles. The topological polar surface area (TPSA) is 109 Å². The summed E-state index contributed by atoms with van der Waals surface area (Å²) in [5.41, 5.74) is 5.84. The first-order valence-corrected chi connectivity index (χ1v) is 6.70. The molecular weight excluding hydrogens is 263 g/mol. The van der Waals surface area contributed by atoms with Crippen LogP contribution in [0.25, 0.3) is 0 Å². The van der Waals surface area contributed by atoms with E-state index in [0.717, 1.165) is 13.2 Å². The van der Waals surface area contributed by atoms with Crippen LogP contribution in [0.2, 0.25) is 0 Å². The first-order valence-electron chi connectivity index (χ1n) is 4.81. The number of anilines is 1. The van der Waals surface area contributed by atoms with Crippen LogP contribution in [0.5, 0.6) is 0 Å². The predicted octanol–water partition coefficient (Wildman–Crippen LogP) is 0.747. The Morgan fingerprint density at radius 1 is 1.50 bits per heavy atom. The van der Waals surface area contributed by atoms with Crippen molar-refractivity contribution in [3.05, 3.63) is 29.6 Å². The van der Waals surface area contributed by atoms with Crippen molar-refractivity contribution in [1.29, 1.82) is 0 Å². The standard InChI is InChI=1S/C8H11FN2O2S.C2H4O2/c1-14(12,13)11-8-3-2-6(5-10)4-7(8)9;1-2(3)4/h2-4,11H,5,10H2,1H3;1H3,(H,3,4). The van der Waals surface area contributed by atoms with E-state index >= 15 is 0 Å². The minimum atomic E-state index is -3.44. The number of benzene rings is 1. The predicted molar refractivity (Wildman–Crippen MR) is 66.1 cm³/mol. The quantitative estimate of drug-likeness (QED) is 0.755. The van der Waals surface area contributed by atoms with Gasteiger partial charge in [-0.2, -0.15) is 0 Å². The fraction of sp³-hybridized carbons (Fsp3) is 0.300. The average Bonchev–Trinajstić information content (AvgIpc) is 2.18. The first kappa shape index (κ1) is 16.3. The molecule has 4 N–H and O–H groups in total. The second kappa shape index (κ2) is 6.92. The number of hydrogen-bond donors (Lipinski definition) is 3. The van der Waals surface area contributed by atoms with E-state index in [4.69, 9.17) is 15.6 Å². The van der Waals surface area contributed by atoms with Crippen LogP contribution >= 0.6 is 0 Å². The molecule has 0 amide bonds. The van der Waals surface area contributed by atoms with Gasteiger partial charge in [-0.1, -0.05) is 6.07 Å². The zero-order chi connectivity index (χ0) is 14.3. The SMILES string of the molecule is CC(=O)O.CS(=O)(=O)Nc1ccc(CN)cc1F. The Balaban J connectivity index is 0.000000631. The van der Waals surface area contributed by atoms with E-state index in [1.165, 1.54) is 12.1 Å². The summed E-state index contributed by atoms with van der Waals surface area (Å²) < 4.78 is 36.9. The number of halogens is 1.